The molecule has 3 aliphatic rings. The van der Waals surface area contributed by atoms with Crippen molar-refractivity contribution in [2.45, 2.75) is 56.7 Å². The average Bonchev–Trinajstić information content (AvgIpc) is 3.46. The number of nitrogens with zero attached hydrogens (tertiary/aromatic N) is 5. The molecule has 6 rings (SSSR count). The van der Waals surface area contributed by atoms with Gasteiger partial charge in [-0.05, 0) is 62.3 Å². The van der Waals surface area contributed by atoms with Gasteiger partial charge < -0.3 is 10.5 Å². The van der Waals surface area contributed by atoms with E-state index in [1.807, 2.05) is 13.0 Å². The predicted octanol–water partition coefficient (Wildman–Crippen LogP) is 3.95. The van der Waals surface area contributed by atoms with Crippen LogP contribution in [0, 0.1) is 12.7 Å². The first-order valence-corrected chi connectivity index (χ1v) is 11.5. The Morgan fingerprint density at radius 3 is 2.85 bits per heavy atom. The van der Waals surface area contributed by atoms with Gasteiger partial charge in [0.2, 0.25) is 0 Å². The molecule has 2 saturated heterocycles. The van der Waals surface area contributed by atoms with Crippen LogP contribution in [0.25, 0.3) is 22.3 Å². The number of pyridine rings is 2. The number of nitrogens with two attached hydrogens (primary N) is 1. The second-order valence-corrected chi connectivity index (χ2v) is 9.64. The number of aryl methyl sites for hydroxylation is 1. The van der Waals surface area contributed by atoms with Gasteiger partial charge in [-0.25, -0.2) is 18.7 Å². The Hall–Kier alpha value is -2.94. The van der Waals surface area contributed by atoms with Gasteiger partial charge in [-0.3, -0.25) is 9.88 Å². The van der Waals surface area contributed by atoms with Crippen molar-refractivity contribution in [2.75, 3.05) is 25.4 Å². The molecule has 172 valence electrons. The van der Waals surface area contributed by atoms with Gasteiger partial charge in [0.05, 0.1) is 11.2 Å². The van der Waals surface area contributed by atoms with E-state index < -0.39 is 12.0 Å². The van der Waals surface area contributed by atoms with Crippen LogP contribution in [-0.2, 0) is 0 Å². The number of anilines is 1. The van der Waals surface area contributed by atoms with Crippen LogP contribution in [0.15, 0.2) is 18.5 Å². The van der Waals surface area contributed by atoms with Crippen LogP contribution in [0.3, 0.4) is 0 Å². The van der Waals surface area contributed by atoms with E-state index in [9.17, 15) is 4.39 Å². The second kappa shape index (κ2) is 7.55. The van der Waals surface area contributed by atoms with Gasteiger partial charge >= 0.3 is 6.01 Å². The fourth-order valence-electron chi connectivity index (χ4n) is 5.61. The summed E-state index contributed by atoms with van der Waals surface area (Å²) in [6, 6.07) is 1.90. The summed E-state index contributed by atoms with van der Waals surface area (Å²) in [6.07, 6.45) is 6.67. The SMILES string of the molecule is Cc1cc(N)nc(-c2ncc3cnc(OC[C@@]45CCCN4C[C@H](F)C5)nc3c2F)c1C1CC1. The maximum Gasteiger partial charge on any atom is 0.317 e. The molecular weight excluding hydrogens is 426 g/mol. The lowest BCUT2D eigenvalue weighted by Gasteiger charge is -2.30. The van der Waals surface area contributed by atoms with Crippen molar-refractivity contribution in [2.24, 2.45) is 0 Å². The summed E-state index contributed by atoms with van der Waals surface area (Å²) >= 11 is 0. The van der Waals surface area contributed by atoms with E-state index in [2.05, 4.69) is 24.8 Å². The largest absolute Gasteiger partial charge is 0.461 e. The highest BCUT2D eigenvalue weighted by atomic mass is 19.1. The molecule has 5 heterocycles. The van der Waals surface area contributed by atoms with Gasteiger partial charge in [-0.1, -0.05) is 0 Å². The van der Waals surface area contributed by atoms with Crippen LogP contribution in [0.4, 0.5) is 14.6 Å². The number of aromatic nitrogens is 4. The number of rotatable bonds is 5. The minimum absolute atomic E-state index is 0.0845. The maximum atomic E-state index is 15.7. The zero-order valence-electron chi connectivity index (χ0n) is 18.5. The second-order valence-electron chi connectivity index (χ2n) is 9.64. The molecule has 0 aromatic carbocycles. The van der Waals surface area contributed by atoms with E-state index >= 15 is 4.39 Å². The molecule has 1 aliphatic carbocycles. The summed E-state index contributed by atoms with van der Waals surface area (Å²) < 4.78 is 35.7. The molecule has 2 aliphatic heterocycles. The molecule has 33 heavy (non-hydrogen) atoms. The molecule has 9 heteroatoms. The van der Waals surface area contributed by atoms with Gasteiger partial charge in [0, 0.05) is 30.7 Å². The van der Waals surface area contributed by atoms with Crippen molar-refractivity contribution in [3.05, 3.63) is 35.4 Å². The molecule has 0 radical (unpaired) electrons. The normalized spacial score (nSPS) is 25.0. The summed E-state index contributed by atoms with van der Waals surface area (Å²) in [5.74, 6) is 0.126. The number of ether oxygens (including phenoxy) is 1. The van der Waals surface area contributed by atoms with Gasteiger partial charge in [0.15, 0.2) is 5.82 Å². The summed E-state index contributed by atoms with van der Waals surface area (Å²) in [6.45, 7) is 3.59. The summed E-state index contributed by atoms with van der Waals surface area (Å²) in [5.41, 5.74) is 8.42. The lowest BCUT2D eigenvalue weighted by molar-refractivity contribution is 0.107. The van der Waals surface area contributed by atoms with E-state index in [-0.39, 0.29) is 22.8 Å². The Bertz CT molecular complexity index is 1250. The van der Waals surface area contributed by atoms with Crippen molar-refractivity contribution in [3.8, 4) is 17.4 Å². The molecule has 0 amide bonds. The minimum Gasteiger partial charge on any atom is -0.461 e. The summed E-state index contributed by atoms with van der Waals surface area (Å²) in [4.78, 5) is 19.6. The van der Waals surface area contributed by atoms with Crippen LogP contribution < -0.4 is 10.5 Å². The van der Waals surface area contributed by atoms with E-state index in [0.29, 0.717) is 42.4 Å². The number of hydrogen-bond acceptors (Lipinski definition) is 7. The molecular formula is C24H26F2N6O. The molecule has 0 bridgehead atoms. The van der Waals surface area contributed by atoms with E-state index in [0.717, 1.165) is 43.4 Å². The molecule has 3 aromatic heterocycles. The van der Waals surface area contributed by atoms with Gasteiger partial charge in [-0.15, -0.1) is 0 Å². The highest BCUT2D eigenvalue weighted by molar-refractivity contribution is 5.82. The minimum atomic E-state index is -0.840. The van der Waals surface area contributed by atoms with Gasteiger partial charge in [-0.2, -0.15) is 4.98 Å². The third kappa shape index (κ3) is 3.49. The Morgan fingerprint density at radius 2 is 2.03 bits per heavy atom. The first-order valence-electron chi connectivity index (χ1n) is 11.5. The number of halogens is 2. The molecule has 1 saturated carbocycles. The Kier molecular flexibility index (Phi) is 4.72. The van der Waals surface area contributed by atoms with Gasteiger partial charge in [0.25, 0.3) is 0 Å². The summed E-state index contributed by atoms with van der Waals surface area (Å²) in [7, 11) is 0. The third-order valence-corrected chi connectivity index (χ3v) is 7.27. The number of fused-ring (bicyclic) bond motifs is 2. The van der Waals surface area contributed by atoms with Crippen LogP contribution in [0.2, 0.25) is 0 Å². The number of alkyl halides is 1. The smallest absolute Gasteiger partial charge is 0.317 e. The molecule has 2 N–H and O–H groups in total. The van der Waals surface area contributed by atoms with Crippen molar-refractivity contribution in [3.63, 3.8) is 0 Å². The van der Waals surface area contributed by atoms with Crippen LogP contribution >= 0.6 is 0 Å². The van der Waals surface area contributed by atoms with Crippen molar-refractivity contribution >= 4 is 16.7 Å². The highest BCUT2D eigenvalue weighted by Crippen LogP contribution is 2.46. The van der Waals surface area contributed by atoms with Crippen molar-refractivity contribution in [1.29, 1.82) is 0 Å². The molecule has 3 fully saturated rings. The van der Waals surface area contributed by atoms with E-state index in [1.165, 1.54) is 6.20 Å². The van der Waals surface area contributed by atoms with Crippen molar-refractivity contribution < 1.29 is 13.5 Å². The number of hydrogen-bond donors (Lipinski definition) is 1. The first-order chi connectivity index (χ1) is 15.9. The van der Waals surface area contributed by atoms with Crippen molar-refractivity contribution in [1.82, 2.24) is 24.8 Å². The topological polar surface area (TPSA) is 90.0 Å². The molecule has 7 nitrogen and oxygen atoms in total. The maximum absolute atomic E-state index is 15.7. The fraction of sp³-hybridized carbons (Fsp3) is 0.500. The standard InChI is InChI=1S/C24H26F2N6O/c1-13-7-17(27)30-21(18(13)14-3-4-14)22-19(26)20-15(9-28-22)10-29-23(31-20)33-12-24-5-2-6-32(24)11-16(25)8-24/h7,9-10,14,16H,2-6,8,11-12H2,1H3,(H2,27,30)/t16-,24+/m1/s1. The number of nitrogen functional groups attached to an aromatic ring is 1. The molecule has 0 unspecified atom stereocenters. The molecule has 2 atom stereocenters. The molecule has 0 spiro atoms. The van der Waals surface area contributed by atoms with Crippen LogP contribution in [0.5, 0.6) is 6.01 Å². The van der Waals surface area contributed by atoms with Gasteiger partial charge in [0.1, 0.15) is 29.8 Å². The fourth-order valence-corrected chi connectivity index (χ4v) is 5.61. The van der Waals surface area contributed by atoms with E-state index in [4.69, 9.17) is 10.5 Å². The quantitative estimate of drug-likeness (QED) is 0.627. The Morgan fingerprint density at radius 1 is 1.21 bits per heavy atom. The zero-order valence-corrected chi connectivity index (χ0v) is 18.5. The van der Waals surface area contributed by atoms with Crippen LogP contribution in [0.1, 0.15) is 49.1 Å². The zero-order chi connectivity index (χ0) is 22.7. The Balaban J connectivity index is 1.35. The Labute approximate surface area is 190 Å². The monoisotopic (exact) mass is 452 g/mol. The van der Waals surface area contributed by atoms with E-state index in [1.54, 1.807) is 6.20 Å². The highest BCUT2D eigenvalue weighted by Gasteiger charge is 2.49. The predicted molar refractivity (Wildman–Crippen MR) is 120 cm³/mol. The lowest BCUT2D eigenvalue weighted by atomic mass is 9.95. The van der Waals surface area contributed by atoms with Crippen LogP contribution in [-0.4, -0.2) is 56.2 Å². The lowest BCUT2D eigenvalue weighted by Crippen LogP contribution is -2.43. The first kappa shape index (κ1) is 20.7. The third-order valence-electron chi connectivity index (χ3n) is 7.27. The average molecular weight is 453 g/mol. The summed E-state index contributed by atoms with van der Waals surface area (Å²) in [5, 5.41) is 0.475. The molecule has 3 aromatic rings.